The van der Waals surface area contributed by atoms with E-state index in [-0.39, 0.29) is 16.4 Å². The fourth-order valence-corrected chi connectivity index (χ4v) is 3.31. The smallest absolute Gasteiger partial charge is 0.281 e. The van der Waals surface area contributed by atoms with Crippen LogP contribution in [0.5, 0.6) is 5.75 Å². The highest BCUT2D eigenvalue weighted by atomic mass is 32.1. The van der Waals surface area contributed by atoms with Crippen molar-refractivity contribution in [3.8, 4) is 5.75 Å². The largest absolute Gasteiger partial charge is 0.497 e. The zero-order valence-corrected chi connectivity index (χ0v) is 13.4. The fourth-order valence-electron chi connectivity index (χ4n) is 2.45. The number of carbonyl (C=O) groups excluding carboxylic acids is 1. The third-order valence-electron chi connectivity index (χ3n) is 3.67. The molecule has 4 aromatic rings. The summed E-state index contributed by atoms with van der Waals surface area (Å²) in [5.74, 6) is 0.457. The Labute approximate surface area is 140 Å². The Balaban J connectivity index is 1.86. The molecule has 2 heterocycles. The van der Waals surface area contributed by atoms with Crippen LogP contribution in [0.15, 0.2) is 53.3 Å². The molecule has 0 N–H and O–H groups in total. The first-order valence-electron chi connectivity index (χ1n) is 7.15. The summed E-state index contributed by atoms with van der Waals surface area (Å²) in [4.78, 5) is 29.1. The number of rotatable bonds is 3. The average Bonchev–Trinajstić information content (AvgIpc) is 3.05. The molecule has 2 aromatic heterocycles. The van der Waals surface area contributed by atoms with Crippen LogP contribution in [-0.2, 0) is 0 Å². The number of carbonyl (C=O) groups is 1. The number of para-hydroxylation sites is 1. The van der Waals surface area contributed by atoms with Crippen molar-refractivity contribution in [3.05, 3.63) is 69.5 Å². The summed E-state index contributed by atoms with van der Waals surface area (Å²) >= 11 is 1.10. The van der Waals surface area contributed by atoms with Crippen molar-refractivity contribution >= 4 is 33.0 Å². The van der Waals surface area contributed by atoms with Crippen LogP contribution in [0, 0.1) is 0 Å². The summed E-state index contributed by atoms with van der Waals surface area (Å²) in [5.41, 5.74) is 0.817. The SMILES string of the molecule is COc1ccc(C(=O)c2nn3c(nc(=O)c4ccccc43)s2)cc1. The zero-order valence-electron chi connectivity index (χ0n) is 12.6. The van der Waals surface area contributed by atoms with Crippen molar-refractivity contribution < 1.29 is 9.53 Å². The second-order valence-corrected chi connectivity index (χ2v) is 6.05. The summed E-state index contributed by atoms with van der Waals surface area (Å²) < 4.78 is 6.63. The molecule has 7 heteroatoms. The molecule has 0 unspecified atom stereocenters. The maximum atomic E-state index is 12.6. The van der Waals surface area contributed by atoms with Gasteiger partial charge in [-0.05, 0) is 36.4 Å². The number of aromatic nitrogens is 3. The molecule has 118 valence electrons. The van der Waals surface area contributed by atoms with Gasteiger partial charge in [-0.2, -0.15) is 10.1 Å². The third-order valence-corrected chi connectivity index (χ3v) is 4.57. The Hall–Kier alpha value is -3.06. The summed E-state index contributed by atoms with van der Waals surface area (Å²) in [6, 6.07) is 13.9. The molecule has 0 saturated heterocycles. The summed E-state index contributed by atoms with van der Waals surface area (Å²) in [7, 11) is 1.57. The van der Waals surface area contributed by atoms with Gasteiger partial charge < -0.3 is 4.74 Å². The molecule has 0 aliphatic heterocycles. The number of hydrogen-bond donors (Lipinski definition) is 0. The van der Waals surface area contributed by atoms with Gasteiger partial charge in [0.15, 0.2) is 5.01 Å². The van der Waals surface area contributed by atoms with Crippen LogP contribution in [0.1, 0.15) is 15.4 Å². The molecular weight excluding hydrogens is 326 g/mol. The minimum absolute atomic E-state index is 0.218. The number of nitrogens with zero attached hydrogens (tertiary/aromatic N) is 3. The maximum Gasteiger partial charge on any atom is 0.281 e. The quantitative estimate of drug-likeness (QED) is 0.537. The molecule has 0 radical (unpaired) electrons. The van der Waals surface area contributed by atoms with Crippen LogP contribution in [-0.4, -0.2) is 27.5 Å². The van der Waals surface area contributed by atoms with Gasteiger partial charge in [-0.3, -0.25) is 9.59 Å². The second-order valence-electron chi connectivity index (χ2n) is 5.09. The van der Waals surface area contributed by atoms with Crippen LogP contribution in [0.3, 0.4) is 0 Å². The third kappa shape index (κ3) is 2.26. The van der Waals surface area contributed by atoms with E-state index in [2.05, 4.69) is 10.1 Å². The predicted molar refractivity (Wildman–Crippen MR) is 91.1 cm³/mol. The Kier molecular flexibility index (Phi) is 3.35. The molecule has 0 aliphatic rings. The van der Waals surface area contributed by atoms with E-state index in [9.17, 15) is 9.59 Å². The van der Waals surface area contributed by atoms with Crippen LogP contribution in [0.2, 0.25) is 0 Å². The fraction of sp³-hybridized carbons (Fsp3) is 0.0588. The van der Waals surface area contributed by atoms with E-state index >= 15 is 0 Å². The molecule has 4 rings (SSSR count). The molecule has 0 bridgehead atoms. The van der Waals surface area contributed by atoms with Crippen molar-refractivity contribution in [2.24, 2.45) is 0 Å². The van der Waals surface area contributed by atoms with Crippen molar-refractivity contribution in [3.63, 3.8) is 0 Å². The summed E-state index contributed by atoms with van der Waals surface area (Å²) in [6.07, 6.45) is 0. The van der Waals surface area contributed by atoms with Crippen LogP contribution in [0.4, 0.5) is 0 Å². The van der Waals surface area contributed by atoms with Crippen molar-refractivity contribution in [1.29, 1.82) is 0 Å². The molecule has 24 heavy (non-hydrogen) atoms. The number of methoxy groups -OCH3 is 1. The summed E-state index contributed by atoms with van der Waals surface area (Å²) in [6.45, 7) is 0. The van der Waals surface area contributed by atoms with Crippen LogP contribution >= 0.6 is 11.3 Å². The van der Waals surface area contributed by atoms with Crippen molar-refractivity contribution in [1.82, 2.24) is 14.6 Å². The van der Waals surface area contributed by atoms with E-state index in [0.717, 1.165) is 11.3 Å². The number of ketones is 1. The van der Waals surface area contributed by atoms with Crippen LogP contribution < -0.4 is 10.3 Å². The highest BCUT2D eigenvalue weighted by molar-refractivity contribution is 7.18. The normalized spacial score (nSPS) is 11.0. The lowest BCUT2D eigenvalue weighted by Crippen LogP contribution is -2.09. The molecule has 0 fully saturated rings. The first kappa shape index (κ1) is 14.5. The van der Waals surface area contributed by atoms with Gasteiger partial charge >= 0.3 is 0 Å². The molecule has 0 amide bonds. The molecule has 6 nitrogen and oxygen atoms in total. The Morgan fingerprint density at radius 3 is 2.62 bits per heavy atom. The highest BCUT2D eigenvalue weighted by Crippen LogP contribution is 2.21. The Morgan fingerprint density at radius 2 is 1.88 bits per heavy atom. The molecule has 2 aromatic carbocycles. The predicted octanol–water partition coefficient (Wildman–Crippen LogP) is 2.54. The minimum Gasteiger partial charge on any atom is -0.497 e. The topological polar surface area (TPSA) is 73.6 Å². The number of ether oxygens (including phenoxy) is 1. The number of fused-ring (bicyclic) bond motifs is 3. The maximum absolute atomic E-state index is 12.6. The van der Waals surface area contributed by atoms with E-state index in [4.69, 9.17) is 4.74 Å². The van der Waals surface area contributed by atoms with E-state index < -0.39 is 0 Å². The number of hydrogen-bond acceptors (Lipinski definition) is 6. The van der Waals surface area contributed by atoms with E-state index in [1.54, 1.807) is 49.6 Å². The lowest BCUT2D eigenvalue weighted by atomic mass is 10.1. The van der Waals surface area contributed by atoms with E-state index in [0.29, 0.717) is 27.2 Å². The van der Waals surface area contributed by atoms with E-state index in [1.807, 2.05) is 6.07 Å². The van der Waals surface area contributed by atoms with Crippen molar-refractivity contribution in [2.75, 3.05) is 7.11 Å². The molecule has 0 saturated carbocycles. The molecule has 0 spiro atoms. The minimum atomic E-state index is -0.322. The lowest BCUT2D eigenvalue weighted by molar-refractivity contribution is 0.103. The Bertz CT molecular complexity index is 1130. The number of benzene rings is 2. The van der Waals surface area contributed by atoms with Gasteiger partial charge in [0.05, 0.1) is 18.0 Å². The van der Waals surface area contributed by atoms with Gasteiger partial charge in [-0.15, -0.1) is 0 Å². The average molecular weight is 337 g/mol. The molecular formula is C17H11N3O3S. The van der Waals surface area contributed by atoms with Gasteiger partial charge in [-0.25, -0.2) is 4.52 Å². The van der Waals surface area contributed by atoms with E-state index in [1.165, 1.54) is 4.52 Å². The van der Waals surface area contributed by atoms with Gasteiger partial charge in [-0.1, -0.05) is 23.5 Å². The molecule has 0 atom stereocenters. The van der Waals surface area contributed by atoms with Crippen molar-refractivity contribution in [2.45, 2.75) is 0 Å². The van der Waals surface area contributed by atoms with Gasteiger partial charge in [0.25, 0.3) is 5.56 Å². The zero-order chi connectivity index (χ0) is 16.7. The Morgan fingerprint density at radius 1 is 1.12 bits per heavy atom. The first-order chi connectivity index (χ1) is 11.7. The van der Waals surface area contributed by atoms with Gasteiger partial charge in [0.2, 0.25) is 10.7 Å². The van der Waals surface area contributed by atoms with Crippen LogP contribution in [0.25, 0.3) is 15.9 Å². The molecule has 0 aliphatic carbocycles. The monoisotopic (exact) mass is 337 g/mol. The van der Waals surface area contributed by atoms with Gasteiger partial charge in [0, 0.05) is 5.56 Å². The highest BCUT2D eigenvalue weighted by Gasteiger charge is 2.17. The van der Waals surface area contributed by atoms with Gasteiger partial charge in [0.1, 0.15) is 5.75 Å². The lowest BCUT2D eigenvalue weighted by Gasteiger charge is -2.00. The summed E-state index contributed by atoms with van der Waals surface area (Å²) in [5, 5.41) is 5.11. The first-order valence-corrected chi connectivity index (χ1v) is 7.96. The second kappa shape index (κ2) is 5.54. The standard InChI is InChI=1S/C17H11N3O3S/c1-23-11-8-6-10(7-9-11)14(21)16-19-20-13-5-3-2-4-12(13)15(22)18-17(20)24-16/h2-9H,1H3.